The Morgan fingerprint density at radius 1 is 1.17 bits per heavy atom. The minimum absolute atomic E-state index is 0.647. The van der Waals surface area contributed by atoms with Crippen molar-refractivity contribution in [1.82, 2.24) is 15.2 Å². The van der Waals surface area contributed by atoms with Crippen LogP contribution in [0.5, 0.6) is 0 Å². The number of hydrogen-bond donors (Lipinski definition) is 2. The fourth-order valence-electron chi connectivity index (χ4n) is 2.92. The van der Waals surface area contributed by atoms with Gasteiger partial charge in [-0.2, -0.15) is 0 Å². The fraction of sp³-hybridized carbons (Fsp3) is 0.625. The predicted molar refractivity (Wildman–Crippen MR) is 97.2 cm³/mol. The zero-order valence-corrected chi connectivity index (χ0v) is 14.3. The first-order valence-electron chi connectivity index (χ1n) is 8.37. The lowest BCUT2D eigenvalue weighted by Gasteiger charge is -2.26. The van der Waals surface area contributed by atoms with Crippen molar-refractivity contribution in [3.8, 4) is 0 Å². The van der Waals surface area contributed by atoms with Crippen molar-refractivity contribution in [1.29, 1.82) is 0 Å². The lowest BCUT2D eigenvalue weighted by atomic mass is 10.4. The Kier molecular flexibility index (Phi) is 6.01. The van der Waals surface area contributed by atoms with Crippen LogP contribution < -0.4 is 15.5 Å². The number of pyridine rings is 1. The lowest BCUT2D eigenvalue weighted by Crippen LogP contribution is -2.42. The summed E-state index contributed by atoms with van der Waals surface area (Å²) in [6.45, 7) is 7.72. The van der Waals surface area contributed by atoms with Crippen molar-refractivity contribution in [3.63, 3.8) is 0 Å². The minimum Gasteiger partial charge on any atom is -0.379 e. The van der Waals surface area contributed by atoms with E-state index in [1.165, 1.54) is 12.8 Å². The molecule has 2 aliphatic rings. The highest BCUT2D eigenvalue weighted by atomic mass is 32.1. The first kappa shape index (κ1) is 16.4. The van der Waals surface area contributed by atoms with Crippen molar-refractivity contribution in [2.24, 2.45) is 0 Å². The molecule has 3 rings (SSSR count). The van der Waals surface area contributed by atoms with Crippen LogP contribution in [0.25, 0.3) is 0 Å². The van der Waals surface area contributed by atoms with Crippen molar-refractivity contribution < 1.29 is 4.74 Å². The predicted octanol–water partition coefficient (Wildman–Crippen LogP) is 1.30. The highest BCUT2D eigenvalue weighted by Gasteiger charge is 2.13. The normalized spacial score (nSPS) is 18.9. The van der Waals surface area contributed by atoms with E-state index in [2.05, 4.69) is 31.5 Å². The molecule has 0 spiro atoms. The number of thiocarbonyl (C=S) groups is 1. The van der Waals surface area contributed by atoms with Gasteiger partial charge in [-0.05, 0) is 37.2 Å². The van der Waals surface area contributed by atoms with Gasteiger partial charge < -0.3 is 20.3 Å². The summed E-state index contributed by atoms with van der Waals surface area (Å²) in [5, 5.41) is 7.09. The Morgan fingerprint density at radius 2 is 1.96 bits per heavy atom. The van der Waals surface area contributed by atoms with E-state index in [9.17, 15) is 0 Å². The highest BCUT2D eigenvalue weighted by Crippen LogP contribution is 2.18. The Balaban J connectivity index is 1.38. The molecule has 2 aliphatic heterocycles. The minimum atomic E-state index is 0.647. The second-order valence-electron chi connectivity index (χ2n) is 5.93. The third kappa shape index (κ3) is 5.02. The Labute approximate surface area is 143 Å². The molecule has 0 aromatic carbocycles. The molecular weight excluding hydrogens is 310 g/mol. The molecule has 0 amide bonds. The molecule has 1 aromatic rings. The van der Waals surface area contributed by atoms with Crippen molar-refractivity contribution in [3.05, 3.63) is 18.3 Å². The molecule has 0 aliphatic carbocycles. The summed E-state index contributed by atoms with van der Waals surface area (Å²) in [6, 6.07) is 4.10. The number of rotatable bonds is 5. The molecule has 2 saturated heterocycles. The molecule has 0 atom stereocenters. The topological polar surface area (TPSA) is 52.7 Å². The number of hydrogen-bond acceptors (Lipinski definition) is 5. The molecule has 0 unspecified atom stereocenters. The molecule has 0 saturated carbocycles. The third-order valence-corrected chi connectivity index (χ3v) is 4.50. The van der Waals surface area contributed by atoms with E-state index in [1.54, 1.807) is 0 Å². The van der Waals surface area contributed by atoms with Gasteiger partial charge in [0.25, 0.3) is 0 Å². The van der Waals surface area contributed by atoms with Gasteiger partial charge in [0, 0.05) is 39.3 Å². The summed E-state index contributed by atoms with van der Waals surface area (Å²) >= 11 is 5.34. The number of nitrogens with one attached hydrogen (secondary N) is 2. The monoisotopic (exact) mass is 335 g/mol. The maximum Gasteiger partial charge on any atom is 0.170 e. The van der Waals surface area contributed by atoms with Crippen LogP contribution >= 0.6 is 12.2 Å². The SMILES string of the molecule is S=C(NCCN1CCOCC1)Nc1ccc(N2CCCC2)nc1. The largest absolute Gasteiger partial charge is 0.379 e. The second-order valence-corrected chi connectivity index (χ2v) is 6.34. The first-order chi connectivity index (χ1) is 11.3. The Bertz CT molecular complexity index is 498. The van der Waals surface area contributed by atoms with Crippen LogP contribution in [0.15, 0.2) is 18.3 Å². The van der Waals surface area contributed by atoms with E-state index in [-0.39, 0.29) is 0 Å². The molecule has 2 N–H and O–H groups in total. The highest BCUT2D eigenvalue weighted by molar-refractivity contribution is 7.80. The number of morpholine rings is 1. The summed E-state index contributed by atoms with van der Waals surface area (Å²) in [7, 11) is 0. The van der Waals surface area contributed by atoms with Crippen LogP contribution in [-0.4, -0.2) is 67.5 Å². The third-order valence-electron chi connectivity index (χ3n) is 4.25. The maximum absolute atomic E-state index is 5.34. The maximum atomic E-state index is 5.34. The molecule has 2 fully saturated rings. The molecule has 0 bridgehead atoms. The smallest absolute Gasteiger partial charge is 0.170 e. The van der Waals surface area contributed by atoms with Gasteiger partial charge in [-0.15, -0.1) is 0 Å². The molecule has 3 heterocycles. The number of anilines is 2. The zero-order valence-electron chi connectivity index (χ0n) is 13.5. The van der Waals surface area contributed by atoms with Gasteiger partial charge in [-0.1, -0.05) is 0 Å². The van der Waals surface area contributed by atoms with Gasteiger partial charge in [0.15, 0.2) is 5.11 Å². The molecular formula is C16H25N5OS. The van der Waals surface area contributed by atoms with E-state index >= 15 is 0 Å². The van der Waals surface area contributed by atoms with Gasteiger partial charge in [-0.25, -0.2) is 4.98 Å². The summed E-state index contributed by atoms with van der Waals surface area (Å²) in [4.78, 5) is 9.22. The molecule has 7 heteroatoms. The second kappa shape index (κ2) is 8.42. The summed E-state index contributed by atoms with van der Waals surface area (Å²) in [5.41, 5.74) is 0.928. The molecule has 6 nitrogen and oxygen atoms in total. The summed E-state index contributed by atoms with van der Waals surface area (Å²) in [5.74, 6) is 1.05. The Morgan fingerprint density at radius 3 is 2.65 bits per heavy atom. The quantitative estimate of drug-likeness (QED) is 0.787. The number of aromatic nitrogens is 1. The van der Waals surface area contributed by atoms with Crippen LogP contribution in [0, 0.1) is 0 Å². The van der Waals surface area contributed by atoms with Crippen LogP contribution in [0.4, 0.5) is 11.5 Å². The van der Waals surface area contributed by atoms with Gasteiger partial charge in [0.1, 0.15) is 5.82 Å². The van der Waals surface area contributed by atoms with Gasteiger partial charge in [-0.3, -0.25) is 4.90 Å². The summed E-state index contributed by atoms with van der Waals surface area (Å²) < 4.78 is 5.34. The number of ether oxygens (including phenoxy) is 1. The van der Waals surface area contributed by atoms with Crippen LogP contribution in [0.1, 0.15) is 12.8 Å². The molecule has 0 radical (unpaired) electrons. The lowest BCUT2D eigenvalue weighted by molar-refractivity contribution is 0.0389. The number of nitrogens with zero attached hydrogens (tertiary/aromatic N) is 3. The Hall–Kier alpha value is -1.44. The molecule has 23 heavy (non-hydrogen) atoms. The van der Waals surface area contributed by atoms with E-state index < -0.39 is 0 Å². The molecule has 1 aromatic heterocycles. The van der Waals surface area contributed by atoms with E-state index in [0.717, 1.165) is 64.0 Å². The summed E-state index contributed by atoms with van der Waals surface area (Å²) in [6.07, 6.45) is 4.38. The van der Waals surface area contributed by atoms with E-state index in [0.29, 0.717) is 5.11 Å². The van der Waals surface area contributed by atoms with E-state index in [4.69, 9.17) is 17.0 Å². The average molecular weight is 335 g/mol. The van der Waals surface area contributed by atoms with Crippen molar-refractivity contribution in [2.45, 2.75) is 12.8 Å². The zero-order chi connectivity index (χ0) is 15.9. The first-order valence-corrected chi connectivity index (χ1v) is 8.78. The van der Waals surface area contributed by atoms with Crippen molar-refractivity contribution in [2.75, 3.05) is 62.7 Å². The van der Waals surface area contributed by atoms with Crippen LogP contribution in [0.3, 0.4) is 0 Å². The van der Waals surface area contributed by atoms with Gasteiger partial charge in [0.2, 0.25) is 0 Å². The van der Waals surface area contributed by atoms with Crippen molar-refractivity contribution >= 4 is 28.8 Å². The van der Waals surface area contributed by atoms with Gasteiger partial charge >= 0.3 is 0 Å². The molecule has 126 valence electrons. The van der Waals surface area contributed by atoms with Gasteiger partial charge in [0.05, 0.1) is 25.1 Å². The fourth-order valence-corrected chi connectivity index (χ4v) is 3.14. The van der Waals surface area contributed by atoms with Crippen LogP contribution in [-0.2, 0) is 4.74 Å². The standard InChI is InChI=1S/C16H25N5OS/c23-16(17-5-8-20-9-11-22-12-10-20)19-14-3-4-15(18-13-14)21-6-1-2-7-21/h3-4,13H,1-2,5-12H2,(H2,17,19,23). The van der Waals surface area contributed by atoms with Crippen LogP contribution in [0.2, 0.25) is 0 Å². The average Bonchev–Trinajstić information content (AvgIpc) is 3.11. The van der Waals surface area contributed by atoms with E-state index in [1.807, 2.05) is 12.3 Å².